The summed E-state index contributed by atoms with van der Waals surface area (Å²) in [6.07, 6.45) is 3.34. The standard InChI is InChI=1S/C19H17ClN6O/c1-10-17(11(2)24-18(23-10)12-5-6-21-16(20)8-12)19(27)25-14-3-4-15-13(7-14)9-22-26-15/h3-10H,1-2H3,(H,22,26)(H,23,24)(H,25,27). The first kappa shape index (κ1) is 17.2. The summed E-state index contributed by atoms with van der Waals surface area (Å²) in [4.78, 5) is 21.4. The number of aromatic amines is 1. The molecule has 1 aliphatic heterocycles. The first-order valence-electron chi connectivity index (χ1n) is 8.43. The third kappa shape index (κ3) is 3.41. The number of halogens is 1. The number of hydrogen-bond acceptors (Lipinski definition) is 5. The highest BCUT2D eigenvalue weighted by Gasteiger charge is 2.25. The van der Waals surface area contributed by atoms with E-state index in [0.29, 0.717) is 22.2 Å². The van der Waals surface area contributed by atoms with Gasteiger partial charge in [-0.05, 0) is 44.2 Å². The number of aromatic nitrogens is 3. The van der Waals surface area contributed by atoms with Gasteiger partial charge in [-0.15, -0.1) is 0 Å². The van der Waals surface area contributed by atoms with Crippen molar-refractivity contribution in [1.82, 2.24) is 20.5 Å². The van der Waals surface area contributed by atoms with Crippen LogP contribution in [0, 0.1) is 0 Å². The van der Waals surface area contributed by atoms with E-state index >= 15 is 0 Å². The molecule has 4 rings (SSSR count). The van der Waals surface area contributed by atoms with Crippen molar-refractivity contribution in [3.8, 4) is 0 Å². The molecule has 0 fully saturated rings. The molecule has 136 valence electrons. The molecule has 0 spiro atoms. The Hall–Kier alpha value is -3.19. The Labute approximate surface area is 160 Å². The van der Waals surface area contributed by atoms with Gasteiger partial charge in [0.25, 0.3) is 5.91 Å². The maximum atomic E-state index is 12.8. The van der Waals surface area contributed by atoms with Gasteiger partial charge in [-0.2, -0.15) is 5.10 Å². The van der Waals surface area contributed by atoms with Gasteiger partial charge in [0.15, 0.2) is 0 Å². The van der Waals surface area contributed by atoms with E-state index in [1.807, 2.05) is 38.1 Å². The number of benzene rings is 1. The van der Waals surface area contributed by atoms with Crippen molar-refractivity contribution in [3.05, 3.63) is 64.7 Å². The molecule has 8 heteroatoms. The molecule has 1 aromatic carbocycles. The first-order valence-corrected chi connectivity index (χ1v) is 8.81. The van der Waals surface area contributed by atoms with E-state index < -0.39 is 0 Å². The second-order valence-corrected chi connectivity index (χ2v) is 6.70. The van der Waals surface area contributed by atoms with E-state index in [1.54, 1.807) is 18.5 Å². The van der Waals surface area contributed by atoms with Crippen LogP contribution in [-0.2, 0) is 4.79 Å². The van der Waals surface area contributed by atoms with Crippen LogP contribution in [0.15, 0.2) is 59.0 Å². The lowest BCUT2D eigenvalue weighted by atomic mass is 10.0. The third-order valence-electron chi connectivity index (χ3n) is 4.39. The predicted octanol–water partition coefficient (Wildman–Crippen LogP) is 3.26. The van der Waals surface area contributed by atoms with E-state index in [9.17, 15) is 4.79 Å². The highest BCUT2D eigenvalue weighted by Crippen LogP contribution is 2.22. The van der Waals surface area contributed by atoms with E-state index in [2.05, 4.69) is 30.8 Å². The van der Waals surface area contributed by atoms with Crippen molar-refractivity contribution in [1.29, 1.82) is 0 Å². The number of nitrogens with one attached hydrogen (secondary N) is 3. The van der Waals surface area contributed by atoms with Gasteiger partial charge < -0.3 is 10.6 Å². The molecule has 0 bridgehead atoms. The average molecular weight is 381 g/mol. The van der Waals surface area contributed by atoms with Crippen molar-refractivity contribution >= 4 is 39.9 Å². The number of anilines is 1. The summed E-state index contributed by atoms with van der Waals surface area (Å²) in [6, 6.07) is 8.85. The maximum Gasteiger partial charge on any atom is 0.255 e. The lowest BCUT2D eigenvalue weighted by Crippen LogP contribution is -2.35. The molecular formula is C19H17ClN6O. The first-order chi connectivity index (χ1) is 13.0. The van der Waals surface area contributed by atoms with Crippen molar-refractivity contribution in [3.63, 3.8) is 0 Å². The number of rotatable bonds is 3. The lowest BCUT2D eigenvalue weighted by molar-refractivity contribution is -0.113. The normalized spacial score (nSPS) is 16.9. The minimum atomic E-state index is -0.300. The summed E-state index contributed by atoms with van der Waals surface area (Å²) in [6.45, 7) is 3.75. The smallest absolute Gasteiger partial charge is 0.255 e. The number of fused-ring (bicyclic) bond motifs is 1. The van der Waals surface area contributed by atoms with Gasteiger partial charge in [-0.25, -0.2) is 4.98 Å². The number of H-pyrrole nitrogens is 1. The van der Waals surface area contributed by atoms with Crippen molar-refractivity contribution in [2.24, 2.45) is 4.99 Å². The van der Waals surface area contributed by atoms with Crippen LogP contribution in [0.4, 0.5) is 5.69 Å². The van der Waals surface area contributed by atoms with Gasteiger partial charge in [-0.3, -0.25) is 14.9 Å². The molecule has 0 aliphatic carbocycles. The molecular weight excluding hydrogens is 364 g/mol. The molecule has 3 N–H and O–H groups in total. The molecule has 27 heavy (non-hydrogen) atoms. The number of amidine groups is 1. The van der Waals surface area contributed by atoms with E-state index in [4.69, 9.17) is 11.6 Å². The van der Waals surface area contributed by atoms with Crippen LogP contribution in [0.5, 0.6) is 0 Å². The van der Waals surface area contributed by atoms with E-state index in [-0.39, 0.29) is 11.9 Å². The number of allylic oxidation sites excluding steroid dienone is 1. The molecule has 1 unspecified atom stereocenters. The van der Waals surface area contributed by atoms with Crippen LogP contribution in [-0.4, -0.2) is 33.0 Å². The number of carbonyl (C=O) groups excluding carboxylic acids is 1. The Balaban J connectivity index is 1.56. The molecule has 0 radical (unpaired) electrons. The van der Waals surface area contributed by atoms with Crippen LogP contribution in [0.3, 0.4) is 0 Å². The average Bonchev–Trinajstić information content (AvgIpc) is 3.09. The van der Waals surface area contributed by atoms with Crippen LogP contribution in [0.1, 0.15) is 19.4 Å². The SMILES string of the molecule is CC1=C(C(=O)Nc2ccc3[nH]ncc3c2)C(C)N=C(c2ccnc(Cl)c2)N1. The minimum Gasteiger partial charge on any atom is -0.343 e. The summed E-state index contributed by atoms with van der Waals surface area (Å²) < 4.78 is 0. The van der Waals surface area contributed by atoms with Gasteiger partial charge in [0.2, 0.25) is 0 Å². The number of nitrogens with zero attached hydrogens (tertiary/aromatic N) is 3. The number of carbonyl (C=O) groups is 1. The number of hydrogen-bond donors (Lipinski definition) is 3. The minimum absolute atomic E-state index is 0.189. The highest BCUT2D eigenvalue weighted by molar-refractivity contribution is 6.29. The van der Waals surface area contributed by atoms with Gasteiger partial charge in [0.1, 0.15) is 11.0 Å². The Morgan fingerprint density at radius 2 is 2.11 bits per heavy atom. The van der Waals surface area contributed by atoms with Crippen LogP contribution < -0.4 is 10.6 Å². The van der Waals surface area contributed by atoms with Crippen LogP contribution >= 0.6 is 11.6 Å². The number of pyridine rings is 1. The van der Waals surface area contributed by atoms with Gasteiger partial charge in [0.05, 0.1) is 23.3 Å². The van der Waals surface area contributed by atoms with E-state index in [0.717, 1.165) is 22.2 Å². The molecule has 0 saturated heterocycles. The highest BCUT2D eigenvalue weighted by atomic mass is 35.5. The summed E-state index contributed by atoms with van der Waals surface area (Å²) in [5, 5.41) is 14.3. The lowest BCUT2D eigenvalue weighted by Gasteiger charge is -2.24. The summed E-state index contributed by atoms with van der Waals surface area (Å²) >= 11 is 5.96. The second-order valence-electron chi connectivity index (χ2n) is 6.31. The zero-order chi connectivity index (χ0) is 19.0. The monoisotopic (exact) mass is 380 g/mol. The summed E-state index contributed by atoms with van der Waals surface area (Å²) in [7, 11) is 0. The quantitative estimate of drug-likeness (QED) is 0.608. The second kappa shape index (κ2) is 6.85. The molecule has 3 aromatic rings. The predicted molar refractivity (Wildman–Crippen MR) is 106 cm³/mol. The summed E-state index contributed by atoms with van der Waals surface area (Å²) in [5.41, 5.74) is 3.79. The fourth-order valence-corrected chi connectivity index (χ4v) is 3.30. The third-order valence-corrected chi connectivity index (χ3v) is 4.60. The molecule has 1 amide bonds. The van der Waals surface area contributed by atoms with Crippen LogP contribution in [0.25, 0.3) is 10.9 Å². The molecule has 1 aliphatic rings. The Morgan fingerprint density at radius 3 is 2.89 bits per heavy atom. The maximum absolute atomic E-state index is 12.8. The molecule has 3 heterocycles. The Kier molecular flexibility index (Phi) is 4.37. The van der Waals surface area contributed by atoms with Crippen molar-refractivity contribution in [2.75, 3.05) is 5.32 Å². The largest absolute Gasteiger partial charge is 0.343 e. The number of aliphatic imine (C=N–C) groups is 1. The zero-order valence-corrected chi connectivity index (χ0v) is 15.5. The number of amides is 1. The Morgan fingerprint density at radius 1 is 1.26 bits per heavy atom. The zero-order valence-electron chi connectivity index (χ0n) is 14.7. The van der Waals surface area contributed by atoms with Crippen LogP contribution in [0.2, 0.25) is 5.15 Å². The van der Waals surface area contributed by atoms with E-state index in [1.165, 1.54) is 0 Å². The fourth-order valence-electron chi connectivity index (χ4n) is 3.12. The van der Waals surface area contributed by atoms with Crippen molar-refractivity contribution < 1.29 is 4.79 Å². The fraction of sp³-hybridized carbons (Fsp3) is 0.158. The topological polar surface area (TPSA) is 95.1 Å². The molecule has 2 aromatic heterocycles. The Bertz CT molecular complexity index is 1100. The van der Waals surface area contributed by atoms with Gasteiger partial charge in [-0.1, -0.05) is 11.6 Å². The molecule has 7 nitrogen and oxygen atoms in total. The summed E-state index contributed by atoms with van der Waals surface area (Å²) in [5.74, 6) is 0.478. The van der Waals surface area contributed by atoms with Gasteiger partial charge in [0, 0.05) is 28.5 Å². The molecule has 0 saturated carbocycles. The van der Waals surface area contributed by atoms with Crippen molar-refractivity contribution in [2.45, 2.75) is 19.9 Å². The molecule has 1 atom stereocenters. The van der Waals surface area contributed by atoms with Gasteiger partial charge >= 0.3 is 0 Å².